The van der Waals surface area contributed by atoms with Gasteiger partial charge in [-0.3, -0.25) is 0 Å². The number of nitrogens with zero attached hydrogens (tertiary/aromatic N) is 1. The Bertz CT molecular complexity index is 933. The van der Waals surface area contributed by atoms with Crippen LogP contribution in [0.1, 0.15) is 44.1 Å². The standard InChI is InChI=1S/C27H35ClNO4/c1-29(17-9-19-32-25-15-8-7-14-24(25)28)18-16-23(20-29)33-26(30)27(31,22-12-5-6-13-22)21-10-3-2-4-11-21/h2-4,7-8,10-11,14-15,22-23,31H,5-6,9,12-13,16-20H2,1H3/q+1. The SMILES string of the molecule is C[N+]1(CCCOc2ccccc2Cl)CCC(OC(=O)C(O)(c2ccccc2)C2CCCC2)C1. The summed E-state index contributed by atoms with van der Waals surface area (Å²) in [5.74, 6) is 0.139. The van der Waals surface area contributed by atoms with Crippen LogP contribution in [-0.2, 0) is 15.1 Å². The minimum atomic E-state index is -1.56. The van der Waals surface area contributed by atoms with Gasteiger partial charge >= 0.3 is 5.97 Å². The van der Waals surface area contributed by atoms with Crippen molar-refractivity contribution in [1.82, 2.24) is 0 Å². The van der Waals surface area contributed by atoms with E-state index in [0.29, 0.717) is 22.9 Å². The molecule has 2 aliphatic rings. The van der Waals surface area contributed by atoms with Gasteiger partial charge in [0.25, 0.3) is 0 Å². The number of para-hydroxylation sites is 1. The number of benzene rings is 2. The number of quaternary nitrogens is 1. The number of likely N-dealkylation sites (tertiary alicyclic amines) is 1. The number of ether oxygens (including phenoxy) is 2. The van der Waals surface area contributed by atoms with Crippen LogP contribution in [0.2, 0.25) is 5.02 Å². The molecule has 0 radical (unpaired) electrons. The Morgan fingerprint density at radius 3 is 2.52 bits per heavy atom. The molecule has 2 fully saturated rings. The number of likely N-dealkylation sites (N-methyl/N-ethyl adjacent to an activating group) is 1. The summed E-state index contributed by atoms with van der Waals surface area (Å²) in [7, 11) is 2.20. The number of rotatable bonds is 9. The van der Waals surface area contributed by atoms with Gasteiger partial charge in [-0.05, 0) is 30.5 Å². The van der Waals surface area contributed by atoms with E-state index in [1.165, 1.54) is 0 Å². The van der Waals surface area contributed by atoms with Gasteiger partial charge in [-0.25, -0.2) is 4.79 Å². The molecule has 0 aromatic heterocycles. The first-order valence-corrected chi connectivity index (χ1v) is 12.5. The summed E-state index contributed by atoms with van der Waals surface area (Å²) in [6.45, 7) is 3.23. The fourth-order valence-corrected chi connectivity index (χ4v) is 5.61. The second-order valence-electron chi connectivity index (χ2n) is 9.81. The van der Waals surface area contributed by atoms with Crippen LogP contribution in [0.4, 0.5) is 0 Å². The largest absolute Gasteiger partial charge is 0.492 e. The van der Waals surface area contributed by atoms with Gasteiger partial charge in [0.1, 0.15) is 12.3 Å². The number of halogens is 1. The van der Waals surface area contributed by atoms with Crippen LogP contribution < -0.4 is 4.74 Å². The number of carbonyl (C=O) groups excluding carboxylic acids is 1. The minimum absolute atomic E-state index is 0.0864. The molecule has 1 saturated carbocycles. The van der Waals surface area contributed by atoms with Gasteiger partial charge in [0.05, 0.1) is 31.8 Å². The van der Waals surface area contributed by atoms with E-state index in [9.17, 15) is 9.90 Å². The molecule has 6 heteroatoms. The Morgan fingerprint density at radius 2 is 1.79 bits per heavy atom. The Morgan fingerprint density at radius 1 is 1.09 bits per heavy atom. The minimum Gasteiger partial charge on any atom is -0.492 e. The maximum Gasteiger partial charge on any atom is 0.343 e. The maximum absolute atomic E-state index is 13.4. The summed E-state index contributed by atoms with van der Waals surface area (Å²) in [5, 5.41) is 12.3. The highest BCUT2D eigenvalue weighted by Crippen LogP contribution is 2.42. The second-order valence-corrected chi connectivity index (χ2v) is 10.2. The van der Waals surface area contributed by atoms with Gasteiger partial charge in [-0.1, -0.05) is 66.9 Å². The van der Waals surface area contributed by atoms with Crippen molar-refractivity contribution in [3.63, 3.8) is 0 Å². The third-order valence-electron chi connectivity index (χ3n) is 7.32. The Hall–Kier alpha value is -2.08. The van der Waals surface area contributed by atoms with Crippen LogP contribution in [0, 0.1) is 5.92 Å². The van der Waals surface area contributed by atoms with Crippen LogP contribution in [0.5, 0.6) is 5.75 Å². The van der Waals surface area contributed by atoms with Crippen LogP contribution in [0.25, 0.3) is 0 Å². The molecule has 178 valence electrons. The molecule has 4 rings (SSSR count). The van der Waals surface area contributed by atoms with Gasteiger partial charge < -0.3 is 19.1 Å². The molecule has 1 saturated heterocycles. The molecule has 2 aromatic rings. The van der Waals surface area contributed by atoms with E-state index in [4.69, 9.17) is 21.1 Å². The highest BCUT2D eigenvalue weighted by molar-refractivity contribution is 6.32. The summed E-state index contributed by atoms with van der Waals surface area (Å²) in [4.78, 5) is 13.4. The molecule has 1 heterocycles. The molecule has 0 spiro atoms. The smallest absolute Gasteiger partial charge is 0.343 e. The molecule has 5 nitrogen and oxygen atoms in total. The molecule has 1 N–H and O–H groups in total. The molecule has 33 heavy (non-hydrogen) atoms. The van der Waals surface area contributed by atoms with Crippen molar-refractivity contribution in [3.8, 4) is 5.75 Å². The first-order chi connectivity index (χ1) is 15.9. The topological polar surface area (TPSA) is 55.8 Å². The predicted molar refractivity (Wildman–Crippen MR) is 129 cm³/mol. The monoisotopic (exact) mass is 472 g/mol. The van der Waals surface area contributed by atoms with Crippen molar-refractivity contribution in [1.29, 1.82) is 0 Å². The molecule has 3 atom stereocenters. The van der Waals surface area contributed by atoms with Gasteiger partial charge in [0.2, 0.25) is 0 Å². The zero-order valence-corrected chi connectivity index (χ0v) is 20.2. The van der Waals surface area contributed by atoms with Crippen LogP contribution in [0.15, 0.2) is 54.6 Å². The average Bonchev–Trinajstić information content (AvgIpc) is 3.49. The first-order valence-electron chi connectivity index (χ1n) is 12.1. The van der Waals surface area contributed by atoms with Crippen molar-refractivity contribution in [2.45, 2.75) is 50.2 Å². The molecule has 1 aliphatic carbocycles. The normalized spacial score (nSPS) is 25.0. The summed E-state index contributed by atoms with van der Waals surface area (Å²) in [6, 6.07) is 16.8. The fourth-order valence-electron chi connectivity index (χ4n) is 5.42. The van der Waals surface area contributed by atoms with E-state index in [0.717, 1.165) is 62.6 Å². The Kier molecular flexibility index (Phi) is 7.62. The fraction of sp³-hybridized carbons (Fsp3) is 0.519. The van der Waals surface area contributed by atoms with Crippen LogP contribution in [0.3, 0.4) is 0 Å². The van der Waals surface area contributed by atoms with Crippen molar-refractivity contribution < 1.29 is 23.9 Å². The summed E-state index contributed by atoms with van der Waals surface area (Å²) in [6.07, 6.45) is 5.31. The van der Waals surface area contributed by atoms with Crippen LogP contribution in [-0.4, -0.2) is 55.0 Å². The number of hydrogen-bond donors (Lipinski definition) is 1. The zero-order valence-electron chi connectivity index (χ0n) is 19.4. The first kappa shape index (κ1) is 24.1. The van der Waals surface area contributed by atoms with E-state index in [1.54, 1.807) is 0 Å². The highest BCUT2D eigenvalue weighted by atomic mass is 35.5. The summed E-state index contributed by atoms with van der Waals surface area (Å²) >= 11 is 6.16. The summed E-state index contributed by atoms with van der Waals surface area (Å²) in [5.41, 5.74) is -0.916. The van der Waals surface area contributed by atoms with Crippen molar-refractivity contribution in [3.05, 3.63) is 65.2 Å². The molecule has 0 bridgehead atoms. The van der Waals surface area contributed by atoms with Gasteiger partial charge in [-0.15, -0.1) is 0 Å². The highest BCUT2D eigenvalue weighted by Gasteiger charge is 2.49. The van der Waals surface area contributed by atoms with E-state index in [-0.39, 0.29) is 12.0 Å². The lowest BCUT2D eigenvalue weighted by molar-refractivity contribution is -0.899. The zero-order chi connectivity index (χ0) is 23.3. The average molecular weight is 473 g/mol. The summed E-state index contributed by atoms with van der Waals surface area (Å²) < 4.78 is 12.6. The number of aliphatic hydroxyl groups is 1. The van der Waals surface area contributed by atoms with Gasteiger partial charge in [-0.2, -0.15) is 0 Å². The lowest BCUT2D eigenvalue weighted by Gasteiger charge is -2.33. The second kappa shape index (κ2) is 10.5. The van der Waals surface area contributed by atoms with Crippen LogP contribution >= 0.6 is 11.6 Å². The molecular formula is C27H35ClNO4+. The van der Waals surface area contributed by atoms with Crippen molar-refractivity contribution >= 4 is 17.6 Å². The Labute approximate surface area is 201 Å². The third-order valence-corrected chi connectivity index (χ3v) is 7.63. The maximum atomic E-state index is 13.4. The van der Waals surface area contributed by atoms with E-state index >= 15 is 0 Å². The molecule has 3 unspecified atom stereocenters. The van der Waals surface area contributed by atoms with Gasteiger partial charge in [0, 0.05) is 18.8 Å². The number of carbonyl (C=O) groups is 1. The quantitative estimate of drug-likeness (QED) is 0.319. The van der Waals surface area contributed by atoms with E-state index in [2.05, 4.69) is 7.05 Å². The van der Waals surface area contributed by atoms with Crippen molar-refractivity contribution in [2.75, 3.05) is 33.3 Å². The Balaban J connectivity index is 1.32. The third kappa shape index (κ3) is 5.53. The molecule has 1 aliphatic heterocycles. The van der Waals surface area contributed by atoms with Gasteiger partial charge in [0.15, 0.2) is 11.7 Å². The predicted octanol–water partition coefficient (Wildman–Crippen LogP) is 4.95. The van der Waals surface area contributed by atoms with Crippen molar-refractivity contribution in [2.24, 2.45) is 5.92 Å². The number of hydrogen-bond acceptors (Lipinski definition) is 4. The lowest BCUT2D eigenvalue weighted by Crippen LogP contribution is -2.47. The molecule has 2 aromatic carbocycles. The van der Waals surface area contributed by atoms with E-state index < -0.39 is 11.6 Å². The van der Waals surface area contributed by atoms with E-state index in [1.807, 2.05) is 54.6 Å². The lowest BCUT2D eigenvalue weighted by atomic mass is 9.80. The molecule has 0 amide bonds. The number of esters is 1. The molecular weight excluding hydrogens is 438 g/mol.